The Labute approximate surface area is 174 Å². The Hall–Kier alpha value is -4.10. The van der Waals surface area contributed by atoms with Crippen LogP contribution >= 0.6 is 0 Å². The number of rotatable bonds is 2. The Morgan fingerprint density at radius 3 is 2.53 bits per heavy atom. The molecular formula is C26H19N3O. The summed E-state index contributed by atoms with van der Waals surface area (Å²) in [6, 6.07) is 23.6. The Morgan fingerprint density at radius 2 is 1.70 bits per heavy atom. The summed E-state index contributed by atoms with van der Waals surface area (Å²) in [6.45, 7) is 2.06. The zero-order chi connectivity index (χ0) is 20.5. The highest BCUT2D eigenvalue weighted by Crippen LogP contribution is 2.20. The van der Waals surface area contributed by atoms with Crippen LogP contribution < -0.4 is 5.56 Å². The van der Waals surface area contributed by atoms with Crippen LogP contribution in [0.5, 0.6) is 0 Å². The van der Waals surface area contributed by atoms with Gasteiger partial charge in [-0.3, -0.25) is 9.36 Å². The van der Waals surface area contributed by atoms with Crippen LogP contribution in [-0.2, 0) is 6.42 Å². The van der Waals surface area contributed by atoms with Gasteiger partial charge in [0.05, 0.1) is 22.7 Å². The molecule has 0 atom stereocenters. The summed E-state index contributed by atoms with van der Waals surface area (Å²) in [5.41, 5.74) is 4.31. The number of para-hydroxylation sites is 1. The first-order valence-electron chi connectivity index (χ1n) is 9.94. The molecule has 3 heterocycles. The number of fused-ring (bicyclic) bond motifs is 2. The number of nitrogens with zero attached hydrogens (tertiary/aromatic N) is 3. The van der Waals surface area contributed by atoms with E-state index in [-0.39, 0.29) is 5.56 Å². The third kappa shape index (κ3) is 2.98. The molecule has 0 saturated carbocycles. The molecule has 2 aromatic carbocycles. The SMILES string of the molecule is CCc1cc2cccc(C#Cc3cnn4ccccc34)c2c(=O)n1-c1ccccc1. The van der Waals surface area contributed by atoms with Crippen LogP contribution in [0.25, 0.3) is 22.0 Å². The van der Waals surface area contributed by atoms with Gasteiger partial charge in [-0.15, -0.1) is 0 Å². The third-order valence-corrected chi connectivity index (χ3v) is 5.26. The zero-order valence-electron chi connectivity index (χ0n) is 16.5. The maximum Gasteiger partial charge on any atom is 0.264 e. The summed E-state index contributed by atoms with van der Waals surface area (Å²) >= 11 is 0. The van der Waals surface area contributed by atoms with Gasteiger partial charge in [0.25, 0.3) is 5.56 Å². The second-order valence-electron chi connectivity index (χ2n) is 7.07. The van der Waals surface area contributed by atoms with Crippen molar-refractivity contribution in [2.75, 3.05) is 0 Å². The fourth-order valence-corrected chi connectivity index (χ4v) is 3.81. The number of aryl methyl sites for hydroxylation is 1. The molecule has 0 aliphatic carbocycles. The van der Waals surface area contributed by atoms with E-state index in [1.807, 2.05) is 72.9 Å². The van der Waals surface area contributed by atoms with Crippen LogP contribution in [0.2, 0.25) is 0 Å². The largest absolute Gasteiger partial charge is 0.281 e. The van der Waals surface area contributed by atoms with Crippen molar-refractivity contribution in [2.24, 2.45) is 0 Å². The van der Waals surface area contributed by atoms with Crippen LogP contribution in [0, 0.1) is 11.8 Å². The molecular weight excluding hydrogens is 370 g/mol. The first-order chi connectivity index (χ1) is 14.8. The second-order valence-corrected chi connectivity index (χ2v) is 7.07. The number of hydrogen-bond acceptors (Lipinski definition) is 2. The van der Waals surface area contributed by atoms with Gasteiger partial charge >= 0.3 is 0 Å². The van der Waals surface area contributed by atoms with E-state index in [0.717, 1.165) is 39.8 Å². The molecule has 30 heavy (non-hydrogen) atoms. The maximum atomic E-state index is 13.6. The van der Waals surface area contributed by atoms with E-state index in [0.29, 0.717) is 5.39 Å². The van der Waals surface area contributed by atoms with Crippen molar-refractivity contribution in [1.29, 1.82) is 0 Å². The van der Waals surface area contributed by atoms with Crippen LogP contribution in [0.1, 0.15) is 23.7 Å². The fourth-order valence-electron chi connectivity index (χ4n) is 3.81. The minimum atomic E-state index is -0.0414. The molecule has 0 fully saturated rings. The molecule has 0 amide bonds. The van der Waals surface area contributed by atoms with Gasteiger partial charge in [0.1, 0.15) is 0 Å². The van der Waals surface area contributed by atoms with E-state index in [4.69, 9.17) is 0 Å². The van der Waals surface area contributed by atoms with E-state index < -0.39 is 0 Å². The summed E-state index contributed by atoms with van der Waals surface area (Å²) in [5.74, 6) is 6.43. The Balaban J connectivity index is 1.74. The summed E-state index contributed by atoms with van der Waals surface area (Å²) in [6.07, 6.45) is 4.41. The molecule has 5 aromatic rings. The molecule has 0 aliphatic rings. The minimum Gasteiger partial charge on any atom is -0.281 e. The Morgan fingerprint density at radius 1 is 0.900 bits per heavy atom. The summed E-state index contributed by atoms with van der Waals surface area (Å²) < 4.78 is 3.59. The molecule has 0 saturated heterocycles. The number of aromatic nitrogens is 3. The standard InChI is InChI=1S/C26H19N3O/c1-2-22-17-20-10-8-9-19(14-15-21-18-27-28-16-7-6-13-24(21)28)25(20)26(30)29(22)23-11-4-3-5-12-23/h3-13,16-18H,2H2,1H3. The number of hydrogen-bond donors (Lipinski definition) is 0. The predicted molar refractivity (Wildman–Crippen MR) is 120 cm³/mol. The quantitative estimate of drug-likeness (QED) is 0.414. The van der Waals surface area contributed by atoms with Crippen LogP contribution in [0.15, 0.2) is 90.0 Å². The average Bonchev–Trinajstić information content (AvgIpc) is 3.21. The molecule has 0 radical (unpaired) electrons. The van der Waals surface area contributed by atoms with Crippen molar-refractivity contribution < 1.29 is 0 Å². The van der Waals surface area contributed by atoms with Gasteiger partial charge in [-0.1, -0.05) is 55.2 Å². The van der Waals surface area contributed by atoms with Crippen molar-refractivity contribution in [3.05, 3.63) is 112 Å². The Bertz CT molecular complexity index is 1500. The van der Waals surface area contributed by atoms with E-state index in [9.17, 15) is 4.79 Å². The van der Waals surface area contributed by atoms with E-state index in [2.05, 4.69) is 29.9 Å². The maximum absolute atomic E-state index is 13.6. The van der Waals surface area contributed by atoms with Crippen molar-refractivity contribution in [2.45, 2.75) is 13.3 Å². The van der Waals surface area contributed by atoms with Gasteiger partial charge in [0, 0.05) is 23.1 Å². The lowest BCUT2D eigenvalue weighted by atomic mass is 10.0. The summed E-state index contributed by atoms with van der Waals surface area (Å²) in [7, 11) is 0. The number of pyridine rings is 2. The smallest absolute Gasteiger partial charge is 0.264 e. The van der Waals surface area contributed by atoms with Crippen LogP contribution in [0.4, 0.5) is 0 Å². The predicted octanol–water partition coefficient (Wildman–Crippen LogP) is 4.60. The first kappa shape index (κ1) is 18.0. The summed E-state index contributed by atoms with van der Waals surface area (Å²) in [5, 5.41) is 5.89. The van der Waals surface area contributed by atoms with Gasteiger partial charge in [0.2, 0.25) is 0 Å². The van der Waals surface area contributed by atoms with E-state index in [1.165, 1.54) is 0 Å². The van der Waals surface area contributed by atoms with Crippen LogP contribution in [-0.4, -0.2) is 14.2 Å². The topological polar surface area (TPSA) is 39.3 Å². The lowest BCUT2D eigenvalue weighted by molar-refractivity contribution is 0.889. The molecule has 144 valence electrons. The van der Waals surface area contributed by atoms with Gasteiger partial charge < -0.3 is 0 Å². The highest BCUT2D eigenvalue weighted by Gasteiger charge is 2.12. The fraction of sp³-hybridized carbons (Fsp3) is 0.0769. The van der Waals surface area contributed by atoms with Crippen molar-refractivity contribution in [3.8, 4) is 17.5 Å². The first-order valence-corrected chi connectivity index (χ1v) is 9.94. The highest BCUT2D eigenvalue weighted by atomic mass is 16.1. The third-order valence-electron chi connectivity index (χ3n) is 5.26. The molecule has 3 aromatic heterocycles. The Kier molecular flexibility index (Phi) is 4.42. The second kappa shape index (κ2) is 7.38. The molecule has 4 nitrogen and oxygen atoms in total. The van der Waals surface area contributed by atoms with Gasteiger partial charge in [-0.25, -0.2) is 4.52 Å². The van der Waals surface area contributed by atoms with Crippen LogP contribution in [0.3, 0.4) is 0 Å². The highest BCUT2D eigenvalue weighted by molar-refractivity contribution is 5.88. The molecule has 4 heteroatoms. The molecule has 5 rings (SSSR count). The van der Waals surface area contributed by atoms with E-state index >= 15 is 0 Å². The average molecular weight is 389 g/mol. The molecule has 0 aliphatic heterocycles. The van der Waals surface area contributed by atoms with Gasteiger partial charge in [-0.05, 0) is 48.2 Å². The monoisotopic (exact) mass is 389 g/mol. The molecule has 0 unspecified atom stereocenters. The molecule has 0 bridgehead atoms. The van der Waals surface area contributed by atoms with Crippen molar-refractivity contribution >= 4 is 16.3 Å². The minimum absolute atomic E-state index is 0.0414. The lowest BCUT2D eigenvalue weighted by Gasteiger charge is -2.14. The number of benzene rings is 2. The zero-order valence-corrected chi connectivity index (χ0v) is 16.5. The normalized spacial score (nSPS) is 10.8. The lowest BCUT2D eigenvalue weighted by Crippen LogP contribution is -2.22. The van der Waals surface area contributed by atoms with Gasteiger partial charge in [0.15, 0.2) is 0 Å². The summed E-state index contributed by atoms with van der Waals surface area (Å²) in [4.78, 5) is 13.6. The van der Waals surface area contributed by atoms with Crippen molar-refractivity contribution in [3.63, 3.8) is 0 Å². The van der Waals surface area contributed by atoms with Crippen molar-refractivity contribution in [1.82, 2.24) is 14.2 Å². The van der Waals surface area contributed by atoms with Gasteiger partial charge in [-0.2, -0.15) is 5.10 Å². The molecule has 0 N–H and O–H groups in total. The van der Waals surface area contributed by atoms with E-state index in [1.54, 1.807) is 15.3 Å². The molecule has 0 spiro atoms.